The summed E-state index contributed by atoms with van der Waals surface area (Å²) in [5, 5.41) is 4.19. The monoisotopic (exact) mass is 274 g/mol. The zero-order chi connectivity index (χ0) is 11.3. The fourth-order valence-electron chi connectivity index (χ4n) is 1.71. The van der Waals surface area contributed by atoms with Crippen LogP contribution in [0, 0.1) is 0 Å². The minimum Gasteiger partial charge on any atom is -0.271 e. The summed E-state index contributed by atoms with van der Waals surface area (Å²) in [6.45, 7) is 2.20. The molecule has 0 saturated heterocycles. The molecule has 0 aromatic carbocycles. The molecule has 0 radical (unpaired) electrons. The lowest BCUT2D eigenvalue weighted by Crippen LogP contribution is -2.29. The smallest absolute Gasteiger partial charge is 0.0705 e. The van der Waals surface area contributed by atoms with Gasteiger partial charge in [0.25, 0.3) is 0 Å². The molecular weight excluding hydrogens is 256 g/mol. The number of unbranched alkanes of at least 4 members (excludes halogenated alkanes) is 2. The van der Waals surface area contributed by atoms with E-state index in [9.17, 15) is 0 Å². The predicted octanol–water partition coefficient (Wildman–Crippen LogP) is 2.27. The summed E-state index contributed by atoms with van der Waals surface area (Å²) in [4.78, 5) is 0. The summed E-state index contributed by atoms with van der Waals surface area (Å²) in [7, 11) is 1.93. The van der Waals surface area contributed by atoms with E-state index in [-0.39, 0.29) is 6.04 Å². The molecule has 86 valence electrons. The molecule has 1 heterocycles. The van der Waals surface area contributed by atoms with Gasteiger partial charge in [-0.3, -0.25) is 16.0 Å². The number of aromatic nitrogens is 2. The molecule has 0 fully saturated rings. The average Bonchev–Trinajstić information content (AvgIpc) is 2.55. The van der Waals surface area contributed by atoms with Crippen molar-refractivity contribution < 1.29 is 0 Å². The normalized spacial score (nSPS) is 13.1. The van der Waals surface area contributed by atoms with Gasteiger partial charge in [0.15, 0.2) is 0 Å². The van der Waals surface area contributed by atoms with E-state index in [0.29, 0.717) is 0 Å². The fourth-order valence-corrected chi connectivity index (χ4v) is 2.33. The zero-order valence-electron chi connectivity index (χ0n) is 9.33. The van der Waals surface area contributed by atoms with Gasteiger partial charge >= 0.3 is 0 Å². The predicted molar refractivity (Wildman–Crippen MR) is 65.1 cm³/mol. The van der Waals surface area contributed by atoms with Gasteiger partial charge in [-0.15, -0.1) is 0 Å². The highest BCUT2D eigenvalue weighted by atomic mass is 79.9. The Kier molecular flexibility index (Phi) is 5.28. The van der Waals surface area contributed by atoms with Crippen LogP contribution >= 0.6 is 15.9 Å². The van der Waals surface area contributed by atoms with Crippen LogP contribution < -0.4 is 11.3 Å². The molecule has 0 bridgehead atoms. The van der Waals surface area contributed by atoms with Crippen molar-refractivity contribution in [3.05, 3.63) is 16.4 Å². The van der Waals surface area contributed by atoms with Crippen molar-refractivity contribution >= 4 is 15.9 Å². The fraction of sp³-hybridized carbons (Fsp3) is 0.700. The maximum absolute atomic E-state index is 5.57. The summed E-state index contributed by atoms with van der Waals surface area (Å²) >= 11 is 3.49. The third-order valence-corrected chi connectivity index (χ3v) is 3.18. The number of nitrogens with one attached hydrogen (secondary N) is 1. The molecule has 0 aliphatic carbocycles. The molecule has 1 atom stereocenters. The SMILES string of the molecule is CCCCCC(NN)c1c(Br)cnn1C. The average molecular weight is 275 g/mol. The number of hydrogen-bond donors (Lipinski definition) is 2. The molecule has 15 heavy (non-hydrogen) atoms. The van der Waals surface area contributed by atoms with Gasteiger partial charge in [0.05, 0.1) is 22.4 Å². The van der Waals surface area contributed by atoms with E-state index in [4.69, 9.17) is 5.84 Å². The van der Waals surface area contributed by atoms with Gasteiger partial charge in [-0.2, -0.15) is 5.10 Å². The van der Waals surface area contributed by atoms with E-state index in [1.165, 1.54) is 19.3 Å². The Balaban J connectivity index is 2.65. The van der Waals surface area contributed by atoms with Crippen LogP contribution in [0.5, 0.6) is 0 Å². The zero-order valence-corrected chi connectivity index (χ0v) is 10.9. The van der Waals surface area contributed by atoms with Crippen LogP contribution in [-0.2, 0) is 7.05 Å². The number of aryl methyl sites for hydroxylation is 1. The topological polar surface area (TPSA) is 55.9 Å². The minimum absolute atomic E-state index is 0.179. The van der Waals surface area contributed by atoms with Crippen molar-refractivity contribution in [3.8, 4) is 0 Å². The number of halogens is 1. The second-order valence-electron chi connectivity index (χ2n) is 3.72. The maximum atomic E-state index is 5.57. The molecule has 0 amide bonds. The van der Waals surface area contributed by atoms with Gasteiger partial charge in [-0.05, 0) is 22.4 Å². The molecule has 0 aliphatic heterocycles. The van der Waals surface area contributed by atoms with Crippen molar-refractivity contribution in [1.82, 2.24) is 15.2 Å². The van der Waals surface area contributed by atoms with E-state index in [2.05, 4.69) is 33.4 Å². The molecule has 1 aromatic heterocycles. The van der Waals surface area contributed by atoms with Crippen LogP contribution in [-0.4, -0.2) is 9.78 Å². The van der Waals surface area contributed by atoms with Gasteiger partial charge in [-0.1, -0.05) is 26.2 Å². The maximum Gasteiger partial charge on any atom is 0.0705 e. The number of rotatable bonds is 6. The lowest BCUT2D eigenvalue weighted by Gasteiger charge is -2.16. The van der Waals surface area contributed by atoms with Crippen molar-refractivity contribution in [1.29, 1.82) is 0 Å². The third-order valence-electron chi connectivity index (χ3n) is 2.57. The van der Waals surface area contributed by atoms with Gasteiger partial charge < -0.3 is 0 Å². The highest BCUT2D eigenvalue weighted by Gasteiger charge is 2.16. The first kappa shape index (κ1) is 12.7. The summed E-state index contributed by atoms with van der Waals surface area (Å²) in [6, 6.07) is 0.179. The quantitative estimate of drug-likeness (QED) is 0.475. The van der Waals surface area contributed by atoms with E-state index in [1.54, 1.807) is 6.20 Å². The van der Waals surface area contributed by atoms with E-state index >= 15 is 0 Å². The molecule has 5 heteroatoms. The largest absolute Gasteiger partial charge is 0.271 e. The van der Waals surface area contributed by atoms with E-state index < -0.39 is 0 Å². The molecular formula is C10H19BrN4. The van der Waals surface area contributed by atoms with Gasteiger partial charge in [0.2, 0.25) is 0 Å². The first-order valence-electron chi connectivity index (χ1n) is 5.34. The van der Waals surface area contributed by atoms with Crippen LogP contribution in [0.3, 0.4) is 0 Å². The van der Waals surface area contributed by atoms with Crippen molar-refractivity contribution in [3.63, 3.8) is 0 Å². The first-order valence-corrected chi connectivity index (χ1v) is 6.13. The highest BCUT2D eigenvalue weighted by molar-refractivity contribution is 9.10. The Morgan fingerprint density at radius 3 is 2.80 bits per heavy atom. The molecule has 0 aliphatic rings. The molecule has 1 rings (SSSR count). The lowest BCUT2D eigenvalue weighted by atomic mass is 10.1. The highest BCUT2D eigenvalue weighted by Crippen LogP contribution is 2.25. The molecule has 0 spiro atoms. The standard InChI is InChI=1S/C10H19BrN4/c1-3-4-5-6-9(14-12)10-8(11)7-13-15(10)2/h7,9,14H,3-6,12H2,1-2H3. The van der Waals surface area contributed by atoms with Crippen LogP contribution in [0.25, 0.3) is 0 Å². The number of hydrazine groups is 1. The Bertz CT molecular complexity index is 278. The van der Waals surface area contributed by atoms with Crippen molar-refractivity contribution in [2.45, 2.75) is 38.6 Å². The first-order chi connectivity index (χ1) is 7.20. The van der Waals surface area contributed by atoms with Crippen molar-refractivity contribution in [2.75, 3.05) is 0 Å². The summed E-state index contributed by atoms with van der Waals surface area (Å²) in [5.74, 6) is 5.57. The van der Waals surface area contributed by atoms with Crippen LogP contribution in [0.1, 0.15) is 44.3 Å². The number of hydrogen-bond acceptors (Lipinski definition) is 3. The molecule has 3 N–H and O–H groups in total. The Morgan fingerprint density at radius 1 is 1.60 bits per heavy atom. The second-order valence-corrected chi connectivity index (χ2v) is 4.57. The Morgan fingerprint density at radius 2 is 2.33 bits per heavy atom. The summed E-state index contributed by atoms with van der Waals surface area (Å²) in [6.07, 6.45) is 6.50. The lowest BCUT2D eigenvalue weighted by molar-refractivity contribution is 0.457. The number of nitrogens with two attached hydrogens (primary N) is 1. The van der Waals surface area contributed by atoms with E-state index in [0.717, 1.165) is 16.6 Å². The second kappa shape index (κ2) is 6.25. The van der Waals surface area contributed by atoms with Gasteiger partial charge in [-0.25, -0.2) is 0 Å². The Hall–Kier alpha value is -0.390. The third kappa shape index (κ3) is 3.29. The summed E-state index contributed by atoms with van der Waals surface area (Å²) < 4.78 is 2.88. The molecule has 4 nitrogen and oxygen atoms in total. The van der Waals surface area contributed by atoms with Crippen LogP contribution in [0.4, 0.5) is 0 Å². The van der Waals surface area contributed by atoms with Crippen LogP contribution in [0.15, 0.2) is 10.7 Å². The molecule has 1 unspecified atom stereocenters. The summed E-state index contributed by atoms with van der Waals surface area (Å²) in [5.41, 5.74) is 3.97. The molecule has 1 aromatic rings. The van der Waals surface area contributed by atoms with Gasteiger partial charge in [0, 0.05) is 7.05 Å². The van der Waals surface area contributed by atoms with E-state index in [1.807, 2.05) is 11.7 Å². The van der Waals surface area contributed by atoms with Gasteiger partial charge in [0.1, 0.15) is 0 Å². The van der Waals surface area contributed by atoms with Crippen LogP contribution in [0.2, 0.25) is 0 Å². The molecule has 0 saturated carbocycles. The van der Waals surface area contributed by atoms with Crippen molar-refractivity contribution in [2.24, 2.45) is 12.9 Å². The Labute approximate surface area is 99.3 Å². The number of nitrogens with zero attached hydrogens (tertiary/aromatic N) is 2. The minimum atomic E-state index is 0.179.